The van der Waals surface area contributed by atoms with Gasteiger partial charge >= 0.3 is 0 Å². The maximum atomic E-state index is 12.5. The Morgan fingerprint density at radius 3 is 2.29 bits per heavy atom. The van der Waals surface area contributed by atoms with E-state index in [2.05, 4.69) is 46.9 Å². The van der Waals surface area contributed by atoms with Gasteiger partial charge in [-0.2, -0.15) is 0 Å². The highest BCUT2D eigenvalue weighted by atomic mass is 16.5. The number of carbonyl (C=O) groups is 1. The van der Waals surface area contributed by atoms with E-state index in [4.69, 9.17) is 4.74 Å². The molecule has 1 heterocycles. The smallest absolute Gasteiger partial charge is 0.241 e. The average molecular weight is 298 g/mol. The number of amides is 1. The zero-order valence-corrected chi connectivity index (χ0v) is 14.7. The molecule has 1 aliphatic heterocycles. The van der Waals surface area contributed by atoms with E-state index < -0.39 is 0 Å². The minimum atomic E-state index is -0.0376. The Morgan fingerprint density at radius 1 is 1.10 bits per heavy atom. The number of hydrogen-bond acceptors (Lipinski definition) is 3. The minimum absolute atomic E-state index is 0.0376. The Morgan fingerprint density at radius 2 is 1.76 bits per heavy atom. The van der Waals surface area contributed by atoms with E-state index >= 15 is 0 Å². The van der Waals surface area contributed by atoms with Crippen LogP contribution in [0.4, 0.5) is 0 Å². The highest BCUT2D eigenvalue weighted by molar-refractivity contribution is 5.84. The Labute approximate surface area is 130 Å². The van der Waals surface area contributed by atoms with E-state index in [-0.39, 0.29) is 18.1 Å². The van der Waals surface area contributed by atoms with Crippen LogP contribution < -0.4 is 5.32 Å². The molecule has 1 fully saturated rings. The van der Waals surface area contributed by atoms with Gasteiger partial charge in [0.2, 0.25) is 5.91 Å². The highest BCUT2D eigenvalue weighted by Gasteiger charge is 2.39. The van der Waals surface area contributed by atoms with Gasteiger partial charge in [0, 0.05) is 13.2 Å². The van der Waals surface area contributed by atoms with E-state index in [1.54, 1.807) is 0 Å². The molecule has 1 saturated heterocycles. The monoisotopic (exact) mass is 298 g/mol. The van der Waals surface area contributed by atoms with Gasteiger partial charge in [-0.1, -0.05) is 41.5 Å². The van der Waals surface area contributed by atoms with Gasteiger partial charge in [0.15, 0.2) is 0 Å². The summed E-state index contributed by atoms with van der Waals surface area (Å²) >= 11 is 0. The lowest BCUT2D eigenvalue weighted by Crippen LogP contribution is -2.40. The summed E-state index contributed by atoms with van der Waals surface area (Å²) < 4.78 is 5.68. The first-order valence-electron chi connectivity index (χ1n) is 8.47. The maximum absolute atomic E-state index is 12.5. The lowest BCUT2D eigenvalue weighted by atomic mass is 10.0. The van der Waals surface area contributed by atoms with E-state index in [0.29, 0.717) is 30.9 Å². The predicted molar refractivity (Wildman–Crippen MR) is 87.0 cm³/mol. The summed E-state index contributed by atoms with van der Waals surface area (Å²) in [6.07, 6.45) is 2.25. The molecular formula is C17H34N2O2. The lowest BCUT2D eigenvalue weighted by molar-refractivity contribution is -0.131. The minimum Gasteiger partial charge on any atom is -0.380 e. The Bertz CT molecular complexity index is 316. The fourth-order valence-electron chi connectivity index (χ4n) is 2.67. The normalized spacial score (nSPS) is 23.1. The van der Waals surface area contributed by atoms with Crippen molar-refractivity contribution >= 4 is 5.91 Å². The van der Waals surface area contributed by atoms with Crippen molar-refractivity contribution in [3.8, 4) is 0 Å². The van der Waals surface area contributed by atoms with Crippen LogP contribution in [0.15, 0.2) is 0 Å². The van der Waals surface area contributed by atoms with Gasteiger partial charge < -0.3 is 9.64 Å². The molecular weight excluding hydrogens is 264 g/mol. The van der Waals surface area contributed by atoms with Gasteiger partial charge in [-0.15, -0.1) is 0 Å². The molecule has 4 heteroatoms. The summed E-state index contributed by atoms with van der Waals surface area (Å²) in [6, 6.07) is -0.0376. The van der Waals surface area contributed by atoms with E-state index in [0.717, 1.165) is 19.4 Å². The van der Waals surface area contributed by atoms with Crippen LogP contribution in [0.1, 0.15) is 54.4 Å². The van der Waals surface area contributed by atoms with Crippen LogP contribution >= 0.6 is 0 Å². The van der Waals surface area contributed by atoms with Crippen molar-refractivity contribution in [2.75, 3.05) is 19.8 Å². The van der Waals surface area contributed by atoms with Gasteiger partial charge in [-0.25, -0.2) is 0 Å². The quantitative estimate of drug-likeness (QED) is 0.666. The van der Waals surface area contributed by atoms with E-state index in [9.17, 15) is 4.79 Å². The summed E-state index contributed by atoms with van der Waals surface area (Å²) in [5.74, 6) is 1.81. The summed E-state index contributed by atoms with van der Waals surface area (Å²) in [5.41, 5.74) is 0. The van der Waals surface area contributed by atoms with Gasteiger partial charge in [0.25, 0.3) is 0 Å². The number of hydrogen-bond donors (Lipinski definition) is 1. The molecule has 21 heavy (non-hydrogen) atoms. The third kappa shape index (κ3) is 5.95. The number of rotatable bonds is 9. The van der Waals surface area contributed by atoms with Crippen molar-refractivity contribution in [2.24, 2.45) is 17.8 Å². The fourth-order valence-corrected chi connectivity index (χ4v) is 2.67. The highest BCUT2D eigenvalue weighted by Crippen LogP contribution is 2.21. The molecule has 1 aliphatic rings. The molecule has 0 aromatic heterocycles. The second-order valence-electron chi connectivity index (χ2n) is 7.36. The summed E-state index contributed by atoms with van der Waals surface area (Å²) in [7, 11) is 0. The third-order valence-corrected chi connectivity index (χ3v) is 3.97. The van der Waals surface area contributed by atoms with Crippen LogP contribution in [0.3, 0.4) is 0 Å². The number of nitrogens with zero attached hydrogens (tertiary/aromatic N) is 1. The second kappa shape index (κ2) is 8.74. The standard InChI is InChI=1S/C17H34N2O2/c1-12(2)7-9-21-10-8-19-15(11-13(3)4)18-16(14(5)6)17(19)20/h12-16,18H,7-11H2,1-6H3. The van der Waals surface area contributed by atoms with Crippen LogP contribution in [0, 0.1) is 17.8 Å². The summed E-state index contributed by atoms with van der Waals surface area (Å²) in [4.78, 5) is 14.5. The molecule has 0 spiro atoms. The second-order valence-corrected chi connectivity index (χ2v) is 7.36. The van der Waals surface area contributed by atoms with E-state index in [1.165, 1.54) is 0 Å². The van der Waals surface area contributed by atoms with Crippen molar-refractivity contribution in [1.29, 1.82) is 0 Å². The molecule has 124 valence electrons. The van der Waals surface area contributed by atoms with Gasteiger partial charge in [0.1, 0.15) is 0 Å². The molecule has 2 atom stereocenters. The topological polar surface area (TPSA) is 41.6 Å². The Hall–Kier alpha value is -0.610. The zero-order chi connectivity index (χ0) is 16.0. The van der Waals surface area contributed by atoms with Gasteiger partial charge in [-0.05, 0) is 30.6 Å². The van der Waals surface area contributed by atoms with Crippen LogP contribution in [0.25, 0.3) is 0 Å². The first-order valence-corrected chi connectivity index (χ1v) is 8.47. The Balaban J connectivity index is 2.48. The average Bonchev–Trinajstić information content (AvgIpc) is 2.65. The molecule has 1 amide bonds. The van der Waals surface area contributed by atoms with Crippen molar-refractivity contribution in [2.45, 2.75) is 66.6 Å². The molecule has 4 nitrogen and oxygen atoms in total. The molecule has 0 aromatic rings. The number of ether oxygens (including phenoxy) is 1. The first kappa shape index (κ1) is 18.4. The zero-order valence-electron chi connectivity index (χ0n) is 14.7. The molecule has 0 radical (unpaired) electrons. The molecule has 0 aliphatic carbocycles. The maximum Gasteiger partial charge on any atom is 0.241 e. The number of carbonyl (C=O) groups excluding carboxylic acids is 1. The van der Waals surface area contributed by atoms with Crippen LogP contribution in [0.5, 0.6) is 0 Å². The SMILES string of the molecule is CC(C)CCOCCN1C(=O)C(C(C)C)NC1CC(C)C. The molecule has 0 bridgehead atoms. The van der Waals surface area contributed by atoms with Gasteiger partial charge in [0.05, 0.1) is 18.8 Å². The summed E-state index contributed by atoms with van der Waals surface area (Å²) in [6.45, 7) is 15.1. The van der Waals surface area contributed by atoms with Crippen molar-refractivity contribution in [3.63, 3.8) is 0 Å². The fraction of sp³-hybridized carbons (Fsp3) is 0.941. The molecule has 1 rings (SSSR count). The lowest BCUT2D eigenvalue weighted by Gasteiger charge is -2.25. The summed E-state index contributed by atoms with van der Waals surface area (Å²) in [5, 5.41) is 3.50. The third-order valence-electron chi connectivity index (χ3n) is 3.97. The molecule has 2 unspecified atom stereocenters. The van der Waals surface area contributed by atoms with Crippen LogP contribution in [-0.2, 0) is 9.53 Å². The van der Waals surface area contributed by atoms with Crippen LogP contribution in [0.2, 0.25) is 0 Å². The van der Waals surface area contributed by atoms with Crippen molar-refractivity contribution < 1.29 is 9.53 Å². The first-order chi connectivity index (χ1) is 9.82. The molecule has 0 saturated carbocycles. The van der Waals surface area contributed by atoms with E-state index in [1.807, 2.05) is 4.90 Å². The van der Waals surface area contributed by atoms with Crippen molar-refractivity contribution in [1.82, 2.24) is 10.2 Å². The van der Waals surface area contributed by atoms with Crippen LogP contribution in [-0.4, -0.2) is 42.8 Å². The predicted octanol–water partition coefficient (Wildman–Crippen LogP) is 2.88. The number of nitrogens with one attached hydrogen (secondary N) is 1. The van der Waals surface area contributed by atoms with Crippen molar-refractivity contribution in [3.05, 3.63) is 0 Å². The Kier molecular flexibility index (Phi) is 7.67. The van der Waals surface area contributed by atoms with Gasteiger partial charge in [-0.3, -0.25) is 10.1 Å². The largest absolute Gasteiger partial charge is 0.380 e. The molecule has 1 N–H and O–H groups in total. The molecule has 0 aromatic carbocycles.